The van der Waals surface area contributed by atoms with Crippen molar-refractivity contribution < 1.29 is 27.9 Å². The highest BCUT2D eigenvalue weighted by Gasteiger charge is 2.32. The number of aliphatic hydroxyl groups is 1. The first-order chi connectivity index (χ1) is 13.3. The zero-order chi connectivity index (χ0) is 20.3. The number of amides is 2. The third-order valence-corrected chi connectivity index (χ3v) is 6.18. The smallest absolute Gasteiger partial charge is 0.414 e. The molecule has 3 rings (SSSR count). The van der Waals surface area contributed by atoms with Gasteiger partial charge < -0.3 is 15.2 Å². The van der Waals surface area contributed by atoms with Gasteiger partial charge in [0.15, 0.2) is 5.94 Å². The molecule has 0 spiro atoms. The van der Waals surface area contributed by atoms with E-state index < -0.39 is 28.2 Å². The average molecular weight is 409 g/mol. The molecule has 2 heterocycles. The number of hydrogen-bond acceptors (Lipinski definition) is 6. The molecule has 2 N–H and O–H groups in total. The van der Waals surface area contributed by atoms with Crippen LogP contribution in [-0.2, 0) is 19.6 Å². The summed E-state index contributed by atoms with van der Waals surface area (Å²) in [5.74, 6) is -1.07. The van der Waals surface area contributed by atoms with Crippen molar-refractivity contribution in [2.24, 2.45) is 0 Å². The molecule has 28 heavy (non-hydrogen) atoms. The molecule has 10 heteroatoms. The molecule has 0 unspecified atom stereocenters. The van der Waals surface area contributed by atoms with Crippen LogP contribution >= 0.6 is 0 Å². The van der Waals surface area contributed by atoms with Gasteiger partial charge in [0.05, 0.1) is 13.1 Å². The predicted molar refractivity (Wildman–Crippen MR) is 103 cm³/mol. The molecule has 152 valence electrons. The van der Waals surface area contributed by atoms with Crippen LogP contribution in [0.4, 0.5) is 10.5 Å². The van der Waals surface area contributed by atoms with Crippen molar-refractivity contribution in [1.29, 1.82) is 0 Å². The van der Waals surface area contributed by atoms with Crippen LogP contribution in [0.15, 0.2) is 30.3 Å². The molecule has 0 aliphatic carbocycles. The van der Waals surface area contributed by atoms with E-state index in [1.807, 2.05) is 30.3 Å². The Bertz CT molecular complexity index is 881. The van der Waals surface area contributed by atoms with Crippen molar-refractivity contribution in [1.82, 2.24) is 9.62 Å². The van der Waals surface area contributed by atoms with E-state index in [1.54, 1.807) is 0 Å². The van der Waals surface area contributed by atoms with Gasteiger partial charge in [0, 0.05) is 25.7 Å². The minimum Gasteiger partial charge on any atom is -0.442 e. The number of carbonyl (C=O) groups is 2. The summed E-state index contributed by atoms with van der Waals surface area (Å²) in [5, 5.41) is 11.6. The Morgan fingerprint density at radius 1 is 1.32 bits per heavy atom. The van der Waals surface area contributed by atoms with Crippen LogP contribution in [0, 0.1) is 0 Å². The van der Waals surface area contributed by atoms with Crippen molar-refractivity contribution in [2.45, 2.75) is 19.4 Å². The van der Waals surface area contributed by atoms with E-state index in [2.05, 4.69) is 5.32 Å². The first-order valence-corrected chi connectivity index (χ1v) is 10.5. The maximum Gasteiger partial charge on any atom is 0.414 e. The minimum atomic E-state index is -3.61. The van der Waals surface area contributed by atoms with Gasteiger partial charge in [-0.2, -0.15) is 4.31 Å². The molecule has 0 aromatic heterocycles. The molecule has 1 atom stereocenters. The number of ether oxygens (including phenoxy) is 1. The first-order valence-electron chi connectivity index (χ1n) is 8.91. The molecule has 0 saturated carbocycles. The Morgan fingerprint density at radius 3 is 2.61 bits per heavy atom. The van der Waals surface area contributed by atoms with Crippen molar-refractivity contribution in [2.75, 3.05) is 37.0 Å². The van der Waals surface area contributed by atoms with Gasteiger partial charge in [0.2, 0.25) is 15.9 Å². The second-order valence-corrected chi connectivity index (χ2v) is 8.62. The van der Waals surface area contributed by atoms with Gasteiger partial charge in [-0.3, -0.25) is 9.69 Å². The normalized spacial score (nSPS) is 20.6. The number of anilines is 1. The summed E-state index contributed by atoms with van der Waals surface area (Å²) in [4.78, 5) is 24.6. The highest BCUT2D eigenvalue weighted by molar-refractivity contribution is 7.88. The fraction of sp³-hybridized carbons (Fsp3) is 0.444. The van der Waals surface area contributed by atoms with Crippen molar-refractivity contribution in [3.8, 4) is 0 Å². The van der Waals surface area contributed by atoms with E-state index in [4.69, 9.17) is 9.84 Å². The molecule has 1 saturated heterocycles. The number of rotatable bonds is 6. The Morgan fingerprint density at radius 2 is 2.04 bits per heavy atom. The zero-order valence-electron chi connectivity index (χ0n) is 15.5. The van der Waals surface area contributed by atoms with Gasteiger partial charge in [0.25, 0.3) is 0 Å². The van der Waals surface area contributed by atoms with Gasteiger partial charge in [-0.05, 0) is 29.7 Å². The summed E-state index contributed by atoms with van der Waals surface area (Å²) >= 11 is 0. The number of cyclic esters (lactones) is 1. The third-order valence-electron chi connectivity index (χ3n) is 4.73. The lowest BCUT2D eigenvalue weighted by atomic mass is 10.00. The lowest BCUT2D eigenvalue weighted by Gasteiger charge is -2.25. The SMILES string of the molecule is CC(=O)NC[C@H]1CN(c2ccc(C3=CCN(S(=O)(=O)CO)CC3)cc2)C(=O)O1. The summed E-state index contributed by atoms with van der Waals surface area (Å²) in [6, 6.07) is 7.39. The monoisotopic (exact) mass is 409 g/mol. The molecular formula is C18H23N3O6S. The largest absolute Gasteiger partial charge is 0.442 e. The summed E-state index contributed by atoms with van der Waals surface area (Å²) in [5.41, 5.74) is 2.66. The van der Waals surface area contributed by atoms with E-state index >= 15 is 0 Å². The van der Waals surface area contributed by atoms with Crippen molar-refractivity contribution >= 4 is 33.3 Å². The van der Waals surface area contributed by atoms with E-state index in [-0.39, 0.29) is 19.0 Å². The Kier molecular flexibility index (Phi) is 6.01. The standard InChI is InChI=1S/C18H23N3O6S/c1-13(23)19-10-17-11-21(18(24)27-17)16-4-2-14(3-5-16)15-6-8-20(9-7-15)28(25,26)12-22/h2-6,17,22H,7-12H2,1H3,(H,19,23)/t17-/m0/s1. The number of nitrogens with zero attached hydrogens (tertiary/aromatic N) is 2. The first kappa shape index (κ1) is 20.3. The highest BCUT2D eigenvalue weighted by atomic mass is 32.2. The summed E-state index contributed by atoms with van der Waals surface area (Å²) in [7, 11) is -3.61. The molecule has 2 aliphatic rings. The second-order valence-electron chi connectivity index (χ2n) is 6.68. The van der Waals surface area contributed by atoms with Gasteiger partial charge in [0.1, 0.15) is 6.10 Å². The van der Waals surface area contributed by atoms with Crippen LogP contribution in [0.2, 0.25) is 0 Å². The topological polar surface area (TPSA) is 116 Å². The Hall–Kier alpha value is -2.43. The van der Waals surface area contributed by atoms with Gasteiger partial charge in [-0.1, -0.05) is 18.2 Å². The minimum absolute atomic E-state index is 0.176. The maximum atomic E-state index is 12.1. The van der Waals surface area contributed by atoms with Crippen LogP contribution in [0.3, 0.4) is 0 Å². The Balaban J connectivity index is 1.64. The number of benzene rings is 1. The van der Waals surface area contributed by atoms with Crippen LogP contribution in [-0.4, -0.2) is 68.1 Å². The van der Waals surface area contributed by atoms with Gasteiger partial charge >= 0.3 is 6.09 Å². The fourth-order valence-corrected chi connectivity index (χ4v) is 4.03. The molecule has 2 aliphatic heterocycles. The lowest BCUT2D eigenvalue weighted by molar-refractivity contribution is -0.119. The van der Waals surface area contributed by atoms with E-state index in [9.17, 15) is 18.0 Å². The summed E-state index contributed by atoms with van der Waals surface area (Å²) in [6.45, 7) is 2.58. The molecule has 2 amide bonds. The van der Waals surface area contributed by atoms with E-state index in [0.29, 0.717) is 25.2 Å². The molecule has 9 nitrogen and oxygen atoms in total. The van der Waals surface area contributed by atoms with Crippen LogP contribution in [0.5, 0.6) is 0 Å². The van der Waals surface area contributed by atoms with E-state index in [0.717, 1.165) is 11.1 Å². The Labute approximate surface area is 163 Å². The number of aliphatic hydroxyl groups excluding tert-OH is 1. The van der Waals surface area contributed by atoms with Gasteiger partial charge in [-0.15, -0.1) is 0 Å². The average Bonchev–Trinajstić information content (AvgIpc) is 3.07. The molecule has 1 fully saturated rings. The molecule has 1 aromatic rings. The molecule has 0 bridgehead atoms. The maximum absolute atomic E-state index is 12.1. The summed E-state index contributed by atoms with van der Waals surface area (Å²) in [6.07, 6.45) is 1.53. The highest BCUT2D eigenvalue weighted by Crippen LogP contribution is 2.27. The predicted octanol–water partition coefficient (Wildman–Crippen LogP) is 0.517. The fourth-order valence-electron chi connectivity index (χ4n) is 3.20. The number of hydrogen-bond donors (Lipinski definition) is 2. The zero-order valence-corrected chi connectivity index (χ0v) is 16.3. The summed E-state index contributed by atoms with van der Waals surface area (Å²) < 4.78 is 29.9. The number of nitrogens with one attached hydrogen (secondary N) is 1. The molecular weight excluding hydrogens is 386 g/mol. The molecule has 0 radical (unpaired) electrons. The second kappa shape index (κ2) is 8.29. The van der Waals surface area contributed by atoms with Crippen molar-refractivity contribution in [3.63, 3.8) is 0 Å². The number of sulfonamides is 1. The van der Waals surface area contributed by atoms with Crippen molar-refractivity contribution in [3.05, 3.63) is 35.9 Å². The van der Waals surface area contributed by atoms with Gasteiger partial charge in [-0.25, -0.2) is 13.2 Å². The molecule has 1 aromatic carbocycles. The third kappa shape index (κ3) is 4.51. The van der Waals surface area contributed by atoms with Crippen LogP contribution < -0.4 is 10.2 Å². The van der Waals surface area contributed by atoms with Crippen LogP contribution in [0.1, 0.15) is 18.9 Å². The quantitative estimate of drug-likeness (QED) is 0.708. The van der Waals surface area contributed by atoms with Crippen LogP contribution in [0.25, 0.3) is 5.57 Å². The number of carbonyl (C=O) groups excluding carboxylic acids is 2. The van der Waals surface area contributed by atoms with E-state index in [1.165, 1.54) is 16.1 Å². The lowest BCUT2D eigenvalue weighted by Crippen LogP contribution is -2.36.